The van der Waals surface area contributed by atoms with Crippen LogP contribution in [0.15, 0.2) is 42.5 Å². The summed E-state index contributed by atoms with van der Waals surface area (Å²) in [5, 5.41) is 9.43. The molecular formula is C19H14F3NO2. The predicted molar refractivity (Wildman–Crippen MR) is 88.6 cm³/mol. The van der Waals surface area contributed by atoms with Crippen molar-refractivity contribution in [3.63, 3.8) is 0 Å². The number of halogens is 3. The molecule has 0 saturated carbocycles. The number of hydrogen-bond donors (Lipinski definition) is 1. The summed E-state index contributed by atoms with van der Waals surface area (Å²) in [5.41, 5.74) is 1.03. The Kier molecular flexibility index (Phi) is 3.99. The van der Waals surface area contributed by atoms with Crippen molar-refractivity contribution in [3.8, 4) is 11.3 Å². The fraction of sp³-hybridized carbons (Fsp3) is 0.158. The van der Waals surface area contributed by atoms with E-state index in [0.29, 0.717) is 5.56 Å². The Morgan fingerprint density at radius 2 is 1.80 bits per heavy atom. The molecule has 0 atom stereocenters. The average molecular weight is 345 g/mol. The van der Waals surface area contributed by atoms with Crippen LogP contribution in [0.1, 0.15) is 27.0 Å². The number of pyridine rings is 1. The third-order valence-corrected chi connectivity index (χ3v) is 4.04. The van der Waals surface area contributed by atoms with Crippen molar-refractivity contribution in [2.45, 2.75) is 20.0 Å². The molecule has 1 heterocycles. The Hall–Kier alpha value is -2.89. The molecule has 0 aliphatic heterocycles. The number of fused-ring (bicyclic) bond motifs is 1. The van der Waals surface area contributed by atoms with Gasteiger partial charge in [0, 0.05) is 10.9 Å². The van der Waals surface area contributed by atoms with Crippen LogP contribution in [-0.4, -0.2) is 16.1 Å². The number of carboxylic acid groups (broad SMARTS) is 1. The van der Waals surface area contributed by atoms with Gasteiger partial charge in [-0.2, -0.15) is 13.2 Å². The Labute approximate surface area is 141 Å². The number of para-hydroxylation sites is 1. The zero-order valence-electron chi connectivity index (χ0n) is 13.5. The van der Waals surface area contributed by atoms with Crippen molar-refractivity contribution < 1.29 is 23.1 Å². The number of hydrogen-bond acceptors (Lipinski definition) is 2. The molecule has 0 amide bonds. The summed E-state index contributed by atoms with van der Waals surface area (Å²) in [7, 11) is 0. The minimum absolute atomic E-state index is 0.0311. The van der Waals surface area contributed by atoms with E-state index in [0.717, 1.165) is 17.2 Å². The maximum Gasteiger partial charge on any atom is 0.418 e. The lowest BCUT2D eigenvalue weighted by atomic mass is 9.98. The number of benzene rings is 2. The first-order chi connectivity index (χ1) is 11.7. The number of rotatable bonds is 2. The molecule has 0 spiro atoms. The van der Waals surface area contributed by atoms with Gasteiger partial charge >= 0.3 is 12.1 Å². The third-order valence-electron chi connectivity index (χ3n) is 4.04. The quantitative estimate of drug-likeness (QED) is 0.691. The highest BCUT2D eigenvalue weighted by Gasteiger charge is 2.34. The number of carboxylic acids is 1. The SMILES string of the molecule is Cc1ccc(C)c(-c2cc(C(=O)O)c3cccc(C(F)(F)F)c3n2)c1. The van der Waals surface area contributed by atoms with Crippen LogP contribution in [0.3, 0.4) is 0 Å². The van der Waals surface area contributed by atoms with E-state index >= 15 is 0 Å². The van der Waals surface area contributed by atoms with Gasteiger partial charge in [-0.1, -0.05) is 29.8 Å². The lowest BCUT2D eigenvalue weighted by Crippen LogP contribution is -2.09. The van der Waals surface area contributed by atoms with Crippen molar-refractivity contribution in [2.75, 3.05) is 0 Å². The molecule has 2 aromatic carbocycles. The van der Waals surface area contributed by atoms with Gasteiger partial charge in [-0.15, -0.1) is 0 Å². The summed E-state index contributed by atoms with van der Waals surface area (Å²) in [4.78, 5) is 15.8. The van der Waals surface area contributed by atoms with Crippen molar-refractivity contribution in [3.05, 3.63) is 64.7 Å². The van der Waals surface area contributed by atoms with Crippen LogP contribution in [0.4, 0.5) is 13.2 Å². The molecule has 0 bridgehead atoms. The first-order valence-electron chi connectivity index (χ1n) is 7.50. The van der Waals surface area contributed by atoms with Crippen LogP contribution >= 0.6 is 0 Å². The minimum Gasteiger partial charge on any atom is -0.478 e. The average Bonchev–Trinajstić information content (AvgIpc) is 2.54. The van der Waals surface area contributed by atoms with E-state index in [2.05, 4.69) is 4.98 Å². The van der Waals surface area contributed by atoms with E-state index in [9.17, 15) is 23.1 Å². The molecule has 0 radical (unpaired) electrons. The third kappa shape index (κ3) is 3.07. The maximum atomic E-state index is 13.3. The Balaban J connectivity index is 2.42. The van der Waals surface area contributed by atoms with Gasteiger partial charge in [-0.05, 0) is 37.6 Å². The molecule has 1 aromatic heterocycles. The van der Waals surface area contributed by atoms with E-state index in [4.69, 9.17) is 0 Å². The molecule has 3 aromatic rings. The molecule has 6 heteroatoms. The van der Waals surface area contributed by atoms with Crippen LogP contribution in [-0.2, 0) is 6.18 Å². The van der Waals surface area contributed by atoms with Crippen molar-refractivity contribution in [1.29, 1.82) is 0 Å². The fourth-order valence-electron chi connectivity index (χ4n) is 2.80. The number of nitrogens with zero attached hydrogens (tertiary/aromatic N) is 1. The zero-order valence-corrected chi connectivity index (χ0v) is 13.5. The normalized spacial score (nSPS) is 11.7. The monoisotopic (exact) mass is 345 g/mol. The van der Waals surface area contributed by atoms with E-state index in [-0.39, 0.29) is 22.2 Å². The highest BCUT2D eigenvalue weighted by molar-refractivity contribution is 6.04. The second-order valence-electron chi connectivity index (χ2n) is 5.88. The molecule has 0 aliphatic carbocycles. The summed E-state index contributed by atoms with van der Waals surface area (Å²) in [5.74, 6) is -1.29. The van der Waals surface area contributed by atoms with Gasteiger partial charge in [0.15, 0.2) is 0 Å². The summed E-state index contributed by atoms with van der Waals surface area (Å²) in [6, 6.07) is 10.3. The van der Waals surface area contributed by atoms with E-state index in [1.54, 1.807) is 13.0 Å². The van der Waals surface area contributed by atoms with Crippen molar-refractivity contribution in [2.24, 2.45) is 0 Å². The first-order valence-corrected chi connectivity index (χ1v) is 7.50. The highest BCUT2D eigenvalue weighted by atomic mass is 19.4. The number of carbonyl (C=O) groups is 1. The standard InChI is InChI=1S/C19H14F3NO2/c1-10-6-7-11(2)13(8-10)16-9-14(18(24)25)12-4-3-5-15(17(12)23-16)19(20,21)22/h3-9H,1-2H3,(H,24,25). The van der Waals surface area contributed by atoms with E-state index in [1.807, 2.05) is 19.1 Å². The van der Waals surface area contributed by atoms with Gasteiger partial charge < -0.3 is 5.11 Å². The summed E-state index contributed by atoms with van der Waals surface area (Å²) in [6.45, 7) is 3.65. The summed E-state index contributed by atoms with van der Waals surface area (Å²) in [6.07, 6.45) is -4.62. The fourth-order valence-corrected chi connectivity index (χ4v) is 2.80. The number of aromatic nitrogens is 1. The van der Waals surface area contributed by atoms with Gasteiger partial charge in [0.2, 0.25) is 0 Å². The minimum atomic E-state index is -4.62. The summed E-state index contributed by atoms with van der Waals surface area (Å²) < 4.78 is 40.0. The Bertz CT molecular complexity index is 994. The topological polar surface area (TPSA) is 50.2 Å². The largest absolute Gasteiger partial charge is 0.478 e. The molecular weight excluding hydrogens is 331 g/mol. The molecule has 3 rings (SSSR count). The molecule has 0 fully saturated rings. The van der Waals surface area contributed by atoms with Crippen molar-refractivity contribution >= 4 is 16.9 Å². The van der Waals surface area contributed by atoms with E-state index in [1.165, 1.54) is 18.2 Å². The van der Waals surface area contributed by atoms with Gasteiger partial charge in [0.05, 0.1) is 22.3 Å². The number of aryl methyl sites for hydroxylation is 2. The van der Waals surface area contributed by atoms with Gasteiger partial charge in [-0.3, -0.25) is 0 Å². The first kappa shape index (κ1) is 17.0. The molecule has 1 N–H and O–H groups in total. The van der Waals surface area contributed by atoms with Gasteiger partial charge in [-0.25, -0.2) is 9.78 Å². The molecule has 0 aliphatic rings. The van der Waals surface area contributed by atoms with Crippen LogP contribution < -0.4 is 0 Å². The van der Waals surface area contributed by atoms with Crippen LogP contribution in [0.5, 0.6) is 0 Å². The predicted octanol–water partition coefficient (Wildman–Crippen LogP) is 5.24. The number of alkyl halides is 3. The molecule has 0 saturated heterocycles. The molecule has 128 valence electrons. The molecule has 0 unspecified atom stereocenters. The van der Waals surface area contributed by atoms with Crippen LogP contribution in [0, 0.1) is 13.8 Å². The Morgan fingerprint density at radius 1 is 1.08 bits per heavy atom. The summed E-state index contributed by atoms with van der Waals surface area (Å²) >= 11 is 0. The maximum absolute atomic E-state index is 13.3. The second-order valence-corrected chi connectivity index (χ2v) is 5.88. The molecule has 3 nitrogen and oxygen atoms in total. The lowest BCUT2D eigenvalue weighted by Gasteiger charge is -2.14. The second kappa shape index (κ2) is 5.88. The smallest absolute Gasteiger partial charge is 0.418 e. The zero-order chi connectivity index (χ0) is 18.4. The van der Waals surface area contributed by atoms with Crippen molar-refractivity contribution in [1.82, 2.24) is 4.98 Å². The van der Waals surface area contributed by atoms with E-state index < -0.39 is 17.7 Å². The van der Waals surface area contributed by atoms with Gasteiger partial charge in [0.1, 0.15) is 0 Å². The molecule has 25 heavy (non-hydrogen) atoms. The van der Waals surface area contributed by atoms with Gasteiger partial charge in [0.25, 0.3) is 0 Å². The Morgan fingerprint density at radius 3 is 2.44 bits per heavy atom. The van der Waals surface area contributed by atoms with Crippen LogP contribution in [0.25, 0.3) is 22.2 Å². The highest BCUT2D eigenvalue weighted by Crippen LogP contribution is 2.36. The van der Waals surface area contributed by atoms with Crippen LogP contribution in [0.2, 0.25) is 0 Å². The lowest BCUT2D eigenvalue weighted by molar-refractivity contribution is -0.136. The number of aromatic carboxylic acids is 1.